The molecule has 0 spiro atoms. The highest BCUT2D eigenvalue weighted by molar-refractivity contribution is 4.86. The lowest BCUT2D eigenvalue weighted by Crippen LogP contribution is -2.55. The summed E-state index contributed by atoms with van der Waals surface area (Å²) in [5.74, 6) is 0. The largest absolute Gasteiger partial charge is 0.391 e. The summed E-state index contributed by atoms with van der Waals surface area (Å²) < 4.78 is 0. The van der Waals surface area contributed by atoms with E-state index in [4.69, 9.17) is 0 Å². The SMILES string of the molecule is CC(C)N1CCN(C2CCCCC2O)CC1. The van der Waals surface area contributed by atoms with Gasteiger partial charge >= 0.3 is 0 Å². The molecule has 3 nitrogen and oxygen atoms in total. The summed E-state index contributed by atoms with van der Waals surface area (Å²) in [7, 11) is 0. The minimum Gasteiger partial charge on any atom is -0.391 e. The molecule has 1 aliphatic heterocycles. The fourth-order valence-electron chi connectivity index (χ4n) is 3.10. The van der Waals surface area contributed by atoms with Crippen molar-refractivity contribution in [3.63, 3.8) is 0 Å². The molecular formula is C13H26N2O. The summed E-state index contributed by atoms with van der Waals surface area (Å²) in [5, 5.41) is 10.0. The zero-order chi connectivity index (χ0) is 11.5. The fraction of sp³-hybridized carbons (Fsp3) is 1.00. The molecule has 1 N–H and O–H groups in total. The Morgan fingerprint density at radius 1 is 1.00 bits per heavy atom. The standard InChI is InChI=1S/C13H26N2O/c1-11(2)14-7-9-15(10-8-14)12-5-3-4-6-13(12)16/h11-13,16H,3-10H2,1-2H3. The Labute approximate surface area is 99.4 Å². The van der Waals surface area contributed by atoms with Gasteiger partial charge in [-0.15, -0.1) is 0 Å². The maximum atomic E-state index is 10.0. The second kappa shape index (κ2) is 5.48. The van der Waals surface area contributed by atoms with Gasteiger partial charge in [-0.2, -0.15) is 0 Å². The van der Waals surface area contributed by atoms with Gasteiger partial charge in [-0.3, -0.25) is 9.80 Å². The number of nitrogens with zero attached hydrogens (tertiary/aromatic N) is 2. The Hall–Kier alpha value is -0.120. The zero-order valence-electron chi connectivity index (χ0n) is 10.7. The predicted molar refractivity (Wildman–Crippen MR) is 66.5 cm³/mol. The third-order valence-corrected chi connectivity index (χ3v) is 4.24. The third-order valence-electron chi connectivity index (χ3n) is 4.24. The minimum absolute atomic E-state index is 0.0700. The van der Waals surface area contributed by atoms with E-state index in [2.05, 4.69) is 23.6 Å². The van der Waals surface area contributed by atoms with Gasteiger partial charge in [0.05, 0.1) is 6.10 Å². The van der Waals surface area contributed by atoms with Crippen LogP contribution in [0.1, 0.15) is 39.5 Å². The predicted octanol–water partition coefficient (Wildman–Crippen LogP) is 1.32. The quantitative estimate of drug-likeness (QED) is 0.769. The maximum absolute atomic E-state index is 10.0. The van der Waals surface area contributed by atoms with Crippen molar-refractivity contribution in [1.82, 2.24) is 9.80 Å². The van der Waals surface area contributed by atoms with Crippen molar-refractivity contribution in [2.75, 3.05) is 26.2 Å². The van der Waals surface area contributed by atoms with Crippen molar-refractivity contribution in [3.8, 4) is 0 Å². The molecule has 2 aliphatic rings. The summed E-state index contributed by atoms with van der Waals surface area (Å²) in [6.07, 6.45) is 4.65. The summed E-state index contributed by atoms with van der Waals surface area (Å²) >= 11 is 0. The zero-order valence-corrected chi connectivity index (χ0v) is 10.7. The van der Waals surface area contributed by atoms with Gasteiger partial charge in [0.2, 0.25) is 0 Å². The van der Waals surface area contributed by atoms with E-state index in [1.54, 1.807) is 0 Å². The molecule has 0 bridgehead atoms. The van der Waals surface area contributed by atoms with Gasteiger partial charge in [0, 0.05) is 38.3 Å². The van der Waals surface area contributed by atoms with Gasteiger partial charge in [-0.05, 0) is 26.7 Å². The normalized spacial score (nSPS) is 34.5. The van der Waals surface area contributed by atoms with Gasteiger partial charge in [0.1, 0.15) is 0 Å². The van der Waals surface area contributed by atoms with Crippen LogP contribution in [0.4, 0.5) is 0 Å². The first kappa shape index (κ1) is 12.3. The lowest BCUT2D eigenvalue weighted by atomic mass is 9.91. The molecule has 1 aliphatic carbocycles. The summed E-state index contributed by atoms with van der Waals surface area (Å²) in [6, 6.07) is 1.11. The molecule has 0 aromatic carbocycles. The first-order valence-corrected chi connectivity index (χ1v) is 6.84. The highest BCUT2D eigenvalue weighted by Crippen LogP contribution is 2.24. The molecule has 0 aromatic rings. The molecule has 1 saturated heterocycles. The lowest BCUT2D eigenvalue weighted by molar-refractivity contribution is -0.00809. The van der Waals surface area contributed by atoms with E-state index in [9.17, 15) is 5.11 Å². The van der Waals surface area contributed by atoms with Crippen molar-refractivity contribution < 1.29 is 5.11 Å². The van der Waals surface area contributed by atoms with Crippen LogP contribution in [0.2, 0.25) is 0 Å². The van der Waals surface area contributed by atoms with Crippen LogP contribution in [0.25, 0.3) is 0 Å². The molecule has 2 rings (SSSR count). The topological polar surface area (TPSA) is 26.7 Å². The van der Waals surface area contributed by atoms with Gasteiger partial charge < -0.3 is 5.11 Å². The molecule has 0 aromatic heterocycles. The molecule has 2 fully saturated rings. The molecule has 0 radical (unpaired) electrons. The highest BCUT2D eigenvalue weighted by Gasteiger charge is 2.31. The molecule has 16 heavy (non-hydrogen) atoms. The van der Waals surface area contributed by atoms with Crippen molar-refractivity contribution >= 4 is 0 Å². The number of aliphatic hydroxyl groups is 1. The number of piperazine rings is 1. The number of hydrogen-bond donors (Lipinski definition) is 1. The highest BCUT2D eigenvalue weighted by atomic mass is 16.3. The van der Waals surface area contributed by atoms with Gasteiger partial charge in [-0.25, -0.2) is 0 Å². The van der Waals surface area contributed by atoms with Gasteiger partial charge in [0.25, 0.3) is 0 Å². The third kappa shape index (κ3) is 2.76. The molecule has 2 atom stereocenters. The van der Waals surface area contributed by atoms with E-state index in [0.717, 1.165) is 19.5 Å². The van der Waals surface area contributed by atoms with Crippen molar-refractivity contribution in [1.29, 1.82) is 0 Å². The Kier molecular flexibility index (Phi) is 4.22. The average Bonchev–Trinajstić information content (AvgIpc) is 2.30. The summed E-state index contributed by atoms with van der Waals surface area (Å²) in [4.78, 5) is 5.05. The fourth-order valence-corrected chi connectivity index (χ4v) is 3.10. The second-order valence-corrected chi connectivity index (χ2v) is 5.58. The molecular weight excluding hydrogens is 200 g/mol. The minimum atomic E-state index is -0.0700. The monoisotopic (exact) mass is 226 g/mol. The van der Waals surface area contributed by atoms with E-state index < -0.39 is 0 Å². The van der Waals surface area contributed by atoms with E-state index in [1.165, 1.54) is 32.4 Å². The van der Waals surface area contributed by atoms with Crippen LogP contribution in [0.3, 0.4) is 0 Å². The van der Waals surface area contributed by atoms with Crippen molar-refractivity contribution in [3.05, 3.63) is 0 Å². The molecule has 3 heteroatoms. The molecule has 94 valence electrons. The first-order chi connectivity index (χ1) is 7.68. The molecule has 1 heterocycles. The Bertz CT molecular complexity index is 212. The smallest absolute Gasteiger partial charge is 0.0695 e. The molecule has 1 saturated carbocycles. The number of aliphatic hydroxyl groups excluding tert-OH is 1. The average molecular weight is 226 g/mol. The van der Waals surface area contributed by atoms with Crippen LogP contribution < -0.4 is 0 Å². The summed E-state index contributed by atoms with van der Waals surface area (Å²) in [6.45, 7) is 9.15. The van der Waals surface area contributed by atoms with Gasteiger partial charge in [0.15, 0.2) is 0 Å². The van der Waals surface area contributed by atoms with E-state index in [0.29, 0.717) is 12.1 Å². The molecule has 0 amide bonds. The Balaban J connectivity index is 1.83. The Morgan fingerprint density at radius 3 is 2.19 bits per heavy atom. The lowest BCUT2D eigenvalue weighted by Gasteiger charge is -2.43. The van der Waals surface area contributed by atoms with E-state index in [1.807, 2.05) is 0 Å². The van der Waals surface area contributed by atoms with E-state index >= 15 is 0 Å². The Morgan fingerprint density at radius 2 is 1.62 bits per heavy atom. The summed E-state index contributed by atoms with van der Waals surface area (Å²) in [5.41, 5.74) is 0. The number of hydrogen-bond acceptors (Lipinski definition) is 3. The maximum Gasteiger partial charge on any atom is 0.0695 e. The van der Waals surface area contributed by atoms with Crippen LogP contribution in [0.5, 0.6) is 0 Å². The first-order valence-electron chi connectivity index (χ1n) is 6.84. The van der Waals surface area contributed by atoms with E-state index in [-0.39, 0.29) is 6.10 Å². The number of rotatable bonds is 2. The van der Waals surface area contributed by atoms with Gasteiger partial charge in [-0.1, -0.05) is 12.8 Å². The van der Waals surface area contributed by atoms with Crippen LogP contribution in [0, 0.1) is 0 Å². The van der Waals surface area contributed by atoms with Crippen molar-refractivity contribution in [2.45, 2.75) is 57.7 Å². The van der Waals surface area contributed by atoms with Crippen LogP contribution >= 0.6 is 0 Å². The van der Waals surface area contributed by atoms with Crippen LogP contribution in [0.15, 0.2) is 0 Å². The van der Waals surface area contributed by atoms with Crippen LogP contribution in [-0.2, 0) is 0 Å². The van der Waals surface area contributed by atoms with Crippen molar-refractivity contribution in [2.24, 2.45) is 0 Å². The molecule has 2 unspecified atom stereocenters. The second-order valence-electron chi connectivity index (χ2n) is 5.58. The van der Waals surface area contributed by atoms with Crippen LogP contribution in [-0.4, -0.2) is 59.3 Å².